The van der Waals surface area contributed by atoms with Gasteiger partial charge >= 0.3 is 0 Å². The van der Waals surface area contributed by atoms with Crippen LogP contribution in [0.3, 0.4) is 0 Å². The summed E-state index contributed by atoms with van der Waals surface area (Å²) in [6.07, 6.45) is 1.21. The van der Waals surface area contributed by atoms with Gasteiger partial charge in [-0.1, -0.05) is 79.2 Å². The molecule has 2 fully saturated rings. The number of methoxy groups -OCH3 is 1. The number of rotatable bonds is 8. The minimum absolute atomic E-state index is 0.0252. The molecule has 240 valence electrons. The van der Waals surface area contributed by atoms with Crippen LogP contribution >= 0.6 is 0 Å². The zero-order valence-electron chi connectivity index (χ0n) is 26.4. The van der Waals surface area contributed by atoms with E-state index in [4.69, 9.17) is 4.74 Å². The maximum Gasteiger partial charge on any atom is 0.182 e. The third kappa shape index (κ3) is 5.93. The van der Waals surface area contributed by atoms with Gasteiger partial charge in [0.25, 0.3) is 0 Å². The fourth-order valence-corrected chi connectivity index (χ4v) is 12.0. The van der Waals surface area contributed by atoms with Crippen LogP contribution in [0.4, 0.5) is 0 Å². The zero-order chi connectivity index (χ0) is 32.6. The van der Waals surface area contributed by atoms with E-state index in [0.717, 1.165) is 28.7 Å². The van der Waals surface area contributed by atoms with E-state index in [1.54, 1.807) is 73.8 Å². The molecule has 2 saturated carbocycles. The number of benzene rings is 4. The lowest BCUT2D eigenvalue weighted by molar-refractivity contribution is -0.128. The minimum Gasteiger partial charge on any atom is -0.497 e. The lowest BCUT2D eigenvalue weighted by Gasteiger charge is -2.48. The quantitative estimate of drug-likeness (QED) is 0.201. The van der Waals surface area contributed by atoms with E-state index in [0.29, 0.717) is 5.75 Å². The van der Waals surface area contributed by atoms with Crippen molar-refractivity contribution in [1.82, 2.24) is 0 Å². The van der Waals surface area contributed by atoms with Crippen molar-refractivity contribution in [2.45, 2.75) is 71.7 Å². The third-order valence-electron chi connectivity index (χ3n) is 10.2. The van der Waals surface area contributed by atoms with Gasteiger partial charge in [0.1, 0.15) is 11.5 Å². The molecule has 6 rings (SSSR count). The first-order valence-electron chi connectivity index (χ1n) is 15.9. The summed E-state index contributed by atoms with van der Waals surface area (Å²) in [5, 5.41) is -1.78. The largest absolute Gasteiger partial charge is 0.497 e. The van der Waals surface area contributed by atoms with Gasteiger partial charge in [-0.2, -0.15) is 0 Å². The van der Waals surface area contributed by atoms with Crippen LogP contribution in [0.25, 0.3) is 0 Å². The molecule has 0 N–H and O–H groups in total. The lowest BCUT2D eigenvalue weighted by Crippen LogP contribution is -2.53. The Balaban J connectivity index is 1.50. The summed E-state index contributed by atoms with van der Waals surface area (Å²) in [6.45, 7) is 3.98. The molecule has 0 amide bonds. The van der Waals surface area contributed by atoms with E-state index >= 15 is 0 Å². The Hall–Kier alpha value is -3.75. The number of hydrogen-bond acceptors (Lipinski definition) is 6. The molecule has 0 aliphatic heterocycles. The smallest absolute Gasteiger partial charge is 0.182 e. The van der Waals surface area contributed by atoms with E-state index in [9.17, 15) is 21.6 Å². The SMILES string of the molecule is CCc1ccc(C2C[C@@H]3C(S(=O)(=O)c4ccccc4)C(c4ccc(OC)cc4)CC(=O)[C@@H]3CC2S(=O)(=O)c2ccc(C)cc2)cc1. The molecular formula is C38H40O6S2. The molecule has 0 bridgehead atoms. The molecule has 0 heterocycles. The summed E-state index contributed by atoms with van der Waals surface area (Å²) in [5.74, 6) is -1.78. The highest BCUT2D eigenvalue weighted by Crippen LogP contribution is 2.54. The Morgan fingerprint density at radius 1 is 0.674 bits per heavy atom. The number of sulfone groups is 2. The summed E-state index contributed by atoms with van der Waals surface area (Å²) in [5.41, 5.74) is 3.70. The molecule has 0 aromatic heterocycles. The second-order valence-corrected chi connectivity index (χ2v) is 17.0. The molecule has 2 aliphatic rings. The number of aryl methyl sites for hydroxylation is 2. The lowest BCUT2D eigenvalue weighted by atomic mass is 9.61. The van der Waals surface area contributed by atoms with Gasteiger partial charge in [-0.05, 0) is 85.2 Å². The molecule has 46 heavy (non-hydrogen) atoms. The van der Waals surface area contributed by atoms with E-state index in [-0.39, 0.29) is 34.8 Å². The zero-order valence-corrected chi connectivity index (χ0v) is 28.0. The summed E-state index contributed by atoms with van der Waals surface area (Å²) < 4.78 is 63.5. The number of Topliss-reactive ketones (excluding diaryl/α,β-unsaturated/α-hetero) is 1. The molecule has 0 radical (unpaired) electrons. The maximum absolute atomic E-state index is 14.7. The van der Waals surface area contributed by atoms with Crippen LogP contribution < -0.4 is 4.74 Å². The van der Waals surface area contributed by atoms with E-state index in [2.05, 4.69) is 6.92 Å². The third-order valence-corrected chi connectivity index (χ3v) is 14.7. The van der Waals surface area contributed by atoms with Crippen molar-refractivity contribution in [2.24, 2.45) is 11.8 Å². The highest BCUT2D eigenvalue weighted by molar-refractivity contribution is 7.92. The van der Waals surface area contributed by atoms with Crippen LogP contribution in [0.5, 0.6) is 5.75 Å². The van der Waals surface area contributed by atoms with Gasteiger partial charge in [0.05, 0.1) is 27.4 Å². The highest BCUT2D eigenvalue weighted by Gasteiger charge is 2.56. The van der Waals surface area contributed by atoms with E-state index in [1.807, 2.05) is 43.3 Å². The fourth-order valence-electron chi connectivity index (χ4n) is 7.68. The Labute approximate surface area is 272 Å². The summed E-state index contributed by atoms with van der Waals surface area (Å²) in [7, 11) is -6.22. The van der Waals surface area contributed by atoms with Crippen molar-refractivity contribution >= 4 is 25.5 Å². The highest BCUT2D eigenvalue weighted by atomic mass is 32.2. The number of fused-ring (bicyclic) bond motifs is 1. The average Bonchev–Trinajstić information content (AvgIpc) is 3.08. The average molecular weight is 657 g/mol. The number of ketones is 1. The second kappa shape index (κ2) is 12.8. The monoisotopic (exact) mass is 656 g/mol. The van der Waals surface area contributed by atoms with Crippen LogP contribution in [0.15, 0.2) is 113 Å². The molecule has 4 aromatic rings. The molecule has 6 nitrogen and oxygen atoms in total. The first-order valence-corrected chi connectivity index (χ1v) is 19.0. The van der Waals surface area contributed by atoms with Crippen molar-refractivity contribution in [3.8, 4) is 5.75 Å². The van der Waals surface area contributed by atoms with Crippen molar-refractivity contribution in [1.29, 1.82) is 0 Å². The Morgan fingerprint density at radius 2 is 1.26 bits per heavy atom. The van der Waals surface area contributed by atoms with Crippen LogP contribution in [0.1, 0.15) is 60.3 Å². The van der Waals surface area contributed by atoms with Gasteiger partial charge in [0, 0.05) is 24.2 Å². The normalized spacial score (nSPS) is 25.1. The molecule has 2 aliphatic carbocycles. The predicted molar refractivity (Wildman–Crippen MR) is 180 cm³/mol. The van der Waals surface area contributed by atoms with Crippen LogP contribution in [0, 0.1) is 18.8 Å². The molecule has 0 spiro atoms. The summed E-state index contributed by atoms with van der Waals surface area (Å²) in [6, 6.07) is 30.6. The van der Waals surface area contributed by atoms with Crippen molar-refractivity contribution < 1.29 is 26.4 Å². The predicted octanol–water partition coefficient (Wildman–Crippen LogP) is 7.12. The van der Waals surface area contributed by atoms with Crippen molar-refractivity contribution in [3.05, 3.63) is 125 Å². The van der Waals surface area contributed by atoms with Gasteiger partial charge in [-0.25, -0.2) is 16.8 Å². The molecule has 4 unspecified atom stereocenters. The second-order valence-electron chi connectivity index (χ2n) is 12.7. The maximum atomic E-state index is 14.7. The van der Waals surface area contributed by atoms with Gasteiger partial charge in [0.2, 0.25) is 0 Å². The molecule has 4 aromatic carbocycles. The number of hydrogen-bond donors (Lipinski definition) is 0. The Kier molecular flexibility index (Phi) is 8.96. The first-order chi connectivity index (χ1) is 22.0. The number of carbonyl (C=O) groups excluding carboxylic acids is 1. The van der Waals surface area contributed by atoms with Crippen molar-refractivity contribution in [3.63, 3.8) is 0 Å². The molecule has 6 atom stereocenters. The summed E-state index contributed by atoms with van der Waals surface area (Å²) in [4.78, 5) is 14.5. The standard InChI is InChI=1S/C38H40O6S2/c1-4-26-12-14-27(15-13-26)32-22-35-34(24-37(32)45(40,41)31-20-10-25(2)11-21-31)36(39)23-33(28-16-18-29(44-3)19-17-28)38(35)46(42,43)30-8-6-5-7-9-30/h5-21,32-35,37-38H,4,22-24H2,1-3H3/t32?,33?,34-,35+,37?,38?/m1/s1. The molecular weight excluding hydrogens is 617 g/mol. The van der Waals surface area contributed by atoms with Gasteiger partial charge < -0.3 is 4.74 Å². The topological polar surface area (TPSA) is 94.6 Å². The summed E-state index contributed by atoms with van der Waals surface area (Å²) >= 11 is 0. The van der Waals surface area contributed by atoms with E-state index in [1.165, 1.54) is 0 Å². The first kappa shape index (κ1) is 32.2. The van der Waals surface area contributed by atoms with Gasteiger partial charge in [0.15, 0.2) is 19.7 Å². The fraction of sp³-hybridized carbons (Fsp3) is 0.342. The number of ether oxygens (including phenoxy) is 1. The van der Waals surface area contributed by atoms with E-state index < -0.39 is 53.8 Å². The minimum atomic E-state index is -3.93. The Bertz CT molecular complexity index is 1900. The van der Waals surface area contributed by atoms with Crippen LogP contribution in [0.2, 0.25) is 0 Å². The van der Waals surface area contributed by atoms with Crippen molar-refractivity contribution in [2.75, 3.05) is 7.11 Å². The molecule has 8 heteroatoms. The molecule has 0 saturated heterocycles. The number of carbonyl (C=O) groups is 1. The Morgan fingerprint density at radius 3 is 1.87 bits per heavy atom. The van der Waals surface area contributed by atoms with Gasteiger partial charge in [-0.3, -0.25) is 4.79 Å². The van der Waals surface area contributed by atoms with Gasteiger partial charge in [-0.15, -0.1) is 0 Å². The van der Waals surface area contributed by atoms with Crippen LogP contribution in [-0.2, 0) is 30.9 Å². The van der Waals surface area contributed by atoms with Crippen LogP contribution in [-0.4, -0.2) is 40.2 Å².